The lowest BCUT2D eigenvalue weighted by Gasteiger charge is -2.16. The predicted molar refractivity (Wildman–Crippen MR) is 84.6 cm³/mol. The summed E-state index contributed by atoms with van der Waals surface area (Å²) < 4.78 is 2.12. The minimum absolute atomic E-state index is 0.117. The summed E-state index contributed by atoms with van der Waals surface area (Å²) in [5.74, 6) is 0. The molecule has 0 aliphatic heterocycles. The van der Waals surface area contributed by atoms with Crippen LogP contribution in [-0.2, 0) is 11.4 Å². The van der Waals surface area contributed by atoms with Gasteiger partial charge in [-0.25, -0.2) is 0 Å². The second-order valence-corrected chi connectivity index (χ2v) is 6.05. The van der Waals surface area contributed by atoms with Crippen LogP contribution in [-0.4, -0.2) is 0 Å². The molecule has 0 aromatic heterocycles. The van der Waals surface area contributed by atoms with Crippen LogP contribution in [0.4, 0.5) is 0 Å². The lowest BCUT2D eigenvalue weighted by Crippen LogP contribution is -2.19. The maximum absolute atomic E-state index is 5.54. The third-order valence-corrected chi connectivity index (χ3v) is 3.95. The highest BCUT2D eigenvalue weighted by Crippen LogP contribution is 2.26. The van der Waals surface area contributed by atoms with Crippen molar-refractivity contribution in [3.8, 4) is 0 Å². The Morgan fingerprint density at radius 1 is 1.11 bits per heavy atom. The normalized spacial score (nSPS) is 12.4. The summed E-state index contributed by atoms with van der Waals surface area (Å²) in [5.41, 5.74) is 5.38. The van der Waals surface area contributed by atoms with Gasteiger partial charge in [-0.2, -0.15) is 5.48 Å². The maximum atomic E-state index is 5.54. The largest absolute Gasteiger partial charge is 0.296 e. The van der Waals surface area contributed by atoms with E-state index in [0.717, 1.165) is 20.1 Å². The average molecular weight is 385 g/mol. The van der Waals surface area contributed by atoms with Gasteiger partial charge in [0.05, 0.1) is 12.6 Å². The molecule has 1 N–H and O–H groups in total. The summed E-state index contributed by atoms with van der Waals surface area (Å²) in [6.45, 7) is 2.62. The lowest BCUT2D eigenvalue weighted by atomic mass is 10.1. The van der Waals surface area contributed by atoms with Gasteiger partial charge in [0.2, 0.25) is 0 Å². The maximum Gasteiger partial charge on any atom is 0.0933 e. The summed E-state index contributed by atoms with van der Waals surface area (Å²) in [7, 11) is 0. The van der Waals surface area contributed by atoms with Crippen LogP contribution in [0.3, 0.4) is 0 Å². The van der Waals surface area contributed by atoms with Crippen LogP contribution < -0.4 is 5.48 Å². The Bertz CT molecular complexity index is 531. The Labute approximate surface area is 130 Å². The van der Waals surface area contributed by atoms with E-state index in [1.54, 1.807) is 0 Å². The first kappa shape index (κ1) is 14.7. The van der Waals surface area contributed by atoms with Crippen LogP contribution in [0, 0.1) is 0 Å². The van der Waals surface area contributed by atoms with Gasteiger partial charge in [0.25, 0.3) is 0 Å². The smallest absolute Gasteiger partial charge is 0.0933 e. The molecule has 0 spiro atoms. The molecule has 0 bridgehead atoms. The SMILES string of the molecule is CC(NOCc1ccccc1)c1ccc(Br)cc1Br. The topological polar surface area (TPSA) is 21.3 Å². The standard InChI is InChI=1S/C15H15Br2NO/c1-11(14-8-7-13(16)9-15(14)17)18-19-10-12-5-3-2-4-6-12/h2-9,11,18H,10H2,1H3. The van der Waals surface area contributed by atoms with Gasteiger partial charge in [-0.15, -0.1) is 0 Å². The molecule has 0 fully saturated rings. The van der Waals surface area contributed by atoms with Crippen molar-refractivity contribution < 1.29 is 4.84 Å². The quantitative estimate of drug-likeness (QED) is 0.733. The van der Waals surface area contributed by atoms with Crippen LogP contribution in [0.5, 0.6) is 0 Å². The molecule has 0 radical (unpaired) electrons. The molecule has 0 saturated heterocycles. The fraction of sp³-hybridized carbons (Fsp3) is 0.200. The van der Waals surface area contributed by atoms with Crippen molar-refractivity contribution >= 4 is 31.9 Å². The molecule has 2 nitrogen and oxygen atoms in total. The summed E-state index contributed by atoms with van der Waals surface area (Å²) in [5, 5.41) is 0. The predicted octanol–water partition coefficient (Wildman–Crippen LogP) is 4.99. The van der Waals surface area contributed by atoms with Gasteiger partial charge in [0.15, 0.2) is 0 Å². The van der Waals surface area contributed by atoms with Gasteiger partial charge >= 0.3 is 0 Å². The number of hydrogen-bond acceptors (Lipinski definition) is 2. The number of rotatable bonds is 5. The second kappa shape index (κ2) is 7.20. The van der Waals surface area contributed by atoms with Gasteiger partial charge in [-0.1, -0.05) is 68.3 Å². The summed E-state index contributed by atoms with van der Waals surface area (Å²) in [4.78, 5) is 5.54. The average Bonchev–Trinajstić information content (AvgIpc) is 2.39. The number of halogens is 2. The summed E-state index contributed by atoms with van der Waals surface area (Å²) in [6.07, 6.45) is 0. The van der Waals surface area contributed by atoms with E-state index in [9.17, 15) is 0 Å². The first-order valence-corrected chi connectivity index (χ1v) is 7.61. The molecular weight excluding hydrogens is 370 g/mol. The number of hydrogen-bond donors (Lipinski definition) is 1. The van der Waals surface area contributed by atoms with E-state index in [1.165, 1.54) is 0 Å². The van der Waals surface area contributed by atoms with Crippen molar-refractivity contribution in [1.82, 2.24) is 5.48 Å². The van der Waals surface area contributed by atoms with E-state index in [4.69, 9.17) is 4.84 Å². The molecule has 2 rings (SSSR count). The number of benzene rings is 2. The van der Waals surface area contributed by atoms with Crippen molar-refractivity contribution in [2.45, 2.75) is 19.6 Å². The Balaban J connectivity index is 1.89. The zero-order valence-electron chi connectivity index (χ0n) is 10.6. The Morgan fingerprint density at radius 2 is 1.84 bits per heavy atom. The van der Waals surface area contributed by atoms with E-state index in [-0.39, 0.29) is 6.04 Å². The third kappa shape index (κ3) is 4.42. The van der Waals surface area contributed by atoms with Crippen LogP contribution in [0.25, 0.3) is 0 Å². The molecule has 0 aliphatic carbocycles. The van der Waals surface area contributed by atoms with E-state index in [1.807, 2.05) is 42.5 Å². The van der Waals surface area contributed by atoms with Crippen molar-refractivity contribution in [1.29, 1.82) is 0 Å². The highest BCUT2D eigenvalue weighted by atomic mass is 79.9. The Hall–Kier alpha value is -0.680. The van der Waals surface area contributed by atoms with E-state index >= 15 is 0 Å². The molecule has 100 valence electrons. The van der Waals surface area contributed by atoms with Gasteiger partial charge < -0.3 is 0 Å². The van der Waals surface area contributed by atoms with Crippen LogP contribution >= 0.6 is 31.9 Å². The molecule has 2 aromatic carbocycles. The first-order chi connectivity index (χ1) is 9.16. The lowest BCUT2D eigenvalue weighted by molar-refractivity contribution is 0.00684. The van der Waals surface area contributed by atoms with E-state index < -0.39 is 0 Å². The minimum atomic E-state index is 0.117. The Morgan fingerprint density at radius 3 is 2.53 bits per heavy atom. The molecule has 0 saturated carbocycles. The van der Waals surface area contributed by atoms with E-state index in [0.29, 0.717) is 6.61 Å². The zero-order valence-corrected chi connectivity index (χ0v) is 13.7. The molecule has 4 heteroatoms. The van der Waals surface area contributed by atoms with Crippen molar-refractivity contribution in [2.24, 2.45) is 0 Å². The van der Waals surface area contributed by atoms with E-state index in [2.05, 4.69) is 50.3 Å². The fourth-order valence-electron chi connectivity index (χ4n) is 1.74. The zero-order chi connectivity index (χ0) is 13.7. The second-order valence-electron chi connectivity index (χ2n) is 4.28. The van der Waals surface area contributed by atoms with Gasteiger partial charge in [-0.3, -0.25) is 4.84 Å². The molecule has 0 heterocycles. The molecule has 19 heavy (non-hydrogen) atoms. The monoisotopic (exact) mass is 383 g/mol. The molecule has 0 amide bonds. The highest BCUT2D eigenvalue weighted by Gasteiger charge is 2.09. The molecular formula is C15H15Br2NO. The third-order valence-electron chi connectivity index (χ3n) is 2.77. The van der Waals surface area contributed by atoms with Crippen molar-refractivity contribution in [3.63, 3.8) is 0 Å². The summed E-state index contributed by atoms with van der Waals surface area (Å²) in [6, 6.07) is 16.3. The van der Waals surface area contributed by atoms with Gasteiger partial charge in [0, 0.05) is 8.95 Å². The first-order valence-electron chi connectivity index (χ1n) is 6.03. The number of nitrogens with one attached hydrogen (secondary N) is 1. The van der Waals surface area contributed by atoms with Gasteiger partial charge in [0.1, 0.15) is 0 Å². The van der Waals surface area contributed by atoms with Crippen molar-refractivity contribution in [3.05, 3.63) is 68.6 Å². The Kier molecular flexibility index (Phi) is 5.58. The fourth-order valence-corrected chi connectivity index (χ4v) is 3.13. The van der Waals surface area contributed by atoms with Gasteiger partial charge in [-0.05, 0) is 30.2 Å². The van der Waals surface area contributed by atoms with Crippen LogP contribution in [0.1, 0.15) is 24.1 Å². The molecule has 1 unspecified atom stereocenters. The minimum Gasteiger partial charge on any atom is -0.296 e. The summed E-state index contributed by atoms with van der Waals surface area (Å²) >= 11 is 7.01. The molecule has 1 atom stereocenters. The molecule has 0 aliphatic rings. The number of hydroxylamine groups is 1. The van der Waals surface area contributed by atoms with Crippen LogP contribution in [0.2, 0.25) is 0 Å². The van der Waals surface area contributed by atoms with Crippen LogP contribution in [0.15, 0.2) is 57.5 Å². The van der Waals surface area contributed by atoms with Crippen molar-refractivity contribution in [2.75, 3.05) is 0 Å². The highest BCUT2D eigenvalue weighted by molar-refractivity contribution is 9.11. The molecule has 2 aromatic rings.